The van der Waals surface area contributed by atoms with Gasteiger partial charge in [0.25, 0.3) is 5.91 Å². The number of hydrogen-bond donors (Lipinski definition) is 1. The lowest BCUT2D eigenvalue weighted by Crippen LogP contribution is -2.45. The Kier molecular flexibility index (Phi) is 7.32. The fourth-order valence-corrected chi connectivity index (χ4v) is 8.17. The van der Waals surface area contributed by atoms with Crippen LogP contribution in [0.1, 0.15) is 73.2 Å². The highest BCUT2D eigenvalue weighted by Gasteiger charge is 2.38. The lowest BCUT2D eigenvalue weighted by molar-refractivity contribution is 0.0965. The van der Waals surface area contributed by atoms with Crippen molar-refractivity contribution in [2.75, 3.05) is 32.9 Å². The number of piperidine rings is 1. The maximum Gasteiger partial charge on any atom is 0.267 e. The standard InChI is InChI=1S/C24H33FN2O7S2/c25-22-14-23(20(17-1-2-17)13-21(22)24(28)26-35(29,30)18-3-4-18)34-15-16-5-9-27(10-6-16)36(31,32)19-7-11-33-12-8-19/h13-14,16-19H,1-12,15H2,(H,26,28). The van der Waals surface area contributed by atoms with Crippen LogP contribution in [-0.2, 0) is 24.8 Å². The molecule has 200 valence electrons. The number of benzene rings is 1. The van der Waals surface area contributed by atoms with Crippen LogP contribution in [0.4, 0.5) is 4.39 Å². The fourth-order valence-electron chi connectivity index (χ4n) is 4.95. The molecule has 2 saturated heterocycles. The van der Waals surface area contributed by atoms with Gasteiger partial charge in [-0.05, 0) is 74.8 Å². The molecule has 36 heavy (non-hydrogen) atoms. The van der Waals surface area contributed by atoms with Gasteiger partial charge < -0.3 is 9.47 Å². The van der Waals surface area contributed by atoms with E-state index in [0.29, 0.717) is 82.7 Å². The number of carbonyl (C=O) groups is 1. The molecule has 4 fully saturated rings. The van der Waals surface area contributed by atoms with Gasteiger partial charge in [0.05, 0.1) is 22.7 Å². The third-order valence-electron chi connectivity index (χ3n) is 7.56. The van der Waals surface area contributed by atoms with Crippen molar-refractivity contribution in [1.82, 2.24) is 9.03 Å². The highest BCUT2D eigenvalue weighted by atomic mass is 32.2. The molecule has 0 aromatic heterocycles. The molecule has 1 amide bonds. The molecule has 1 aromatic carbocycles. The first-order chi connectivity index (χ1) is 17.1. The second-order valence-corrected chi connectivity index (χ2v) is 14.5. The molecule has 2 heterocycles. The molecule has 1 N–H and O–H groups in total. The Balaban J connectivity index is 1.20. The number of nitrogens with zero attached hydrogens (tertiary/aromatic N) is 1. The normalized spacial score (nSPS) is 22.9. The van der Waals surface area contributed by atoms with Crippen LogP contribution >= 0.6 is 0 Å². The minimum absolute atomic E-state index is 0.132. The van der Waals surface area contributed by atoms with E-state index in [1.54, 1.807) is 4.31 Å². The molecule has 0 radical (unpaired) electrons. The van der Waals surface area contributed by atoms with Crippen molar-refractivity contribution in [1.29, 1.82) is 0 Å². The fraction of sp³-hybridized carbons (Fsp3) is 0.708. The average molecular weight is 545 g/mol. The summed E-state index contributed by atoms with van der Waals surface area (Å²) in [6, 6.07) is 2.60. The summed E-state index contributed by atoms with van der Waals surface area (Å²) >= 11 is 0. The van der Waals surface area contributed by atoms with E-state index in [9.17, 15) is 26.0 Å². The van der Waals surface area contributed by atoms with Gasteiger partial charge in [-0.2, -0.15) is 0 Å². The molecule has 5 rings (SSSR count). The molecule has 0 spiro atoms. The number of hydrogen-bond acceptors (Lipinski definition) is 7. The van der Waals surface area contributed by atoms with Gasteiger partial charge in [-0.25, -0.2) is 30.3 Å². The molecule has 2 saturated carbocycles. The van der Waals surface area contributed by atoms with Gasteiger partial charge in [0.15, 0.2) is 0 Å². The Bertz CT molecular complexity index is 1200. The average Bonchev–Trinajstić information content (AvgIpc) is 3.76. The van der Waals surface area contributed by atoms with E-state index in [-0.39, 0.29) is 22.6 Å². The third kappa shape index (κ3) is 5.71. The first-order valence-electron chi connectivity index (χ1n) is 12.7. The van der Waals surface area contributed by atoms with E-state index in [1.807, 2.05) is 4.72 Å². The minimum atomic E-state index is -3.78. The lowest BCUT2D eigenvalue weighted by Gasteiger charge is -2.34. The highest BCUT2D eigenvalue weighted by Crippen LogP contribution is 2.45. The molecule has 0 bridgehead atoms. The molecule has 2 aliphatic heterocycles. The molecule has 0 atom stereocenters. The summed E-state index contributed by atoms with van der Waals surface area (Å²) in [5.41, 5.74) is 0.421. The number of nitrogens with one attached hydrogen (secondary N) is 1. The Labute approximate surface area is 211 Å². The van der Waals surface area contributed by atoms with Gasteiger partial charge in [0.2, 0.25) is 20.0 Å². The first-order valence-corrected chi connectivity index (χ1v) is 15.8. The van der Waals surface area contributed by atoms with Gasteiger partial charge >= 0.3 is 0 Å². The van der Waals surface area contributed by atoms with Crippen LogP contribution in [-0.4, -0.2) is 70.5 Å². The smallest absolute Gasteiger partial charge is 0.267 e. The zero-order valence-corrected chi connectivity index (χ0v) is 21.8. The van der Waals surface area contributed by atoms with Gasteiger partial charge in [-0.3, -0.25) is 4.79 Å². The number of ether oxygens (including phenoxy) is 2. The molecule has 9 nitrogen and oxygen atoms in total. The van der Waals surface area contributed by atoms with E-state index in [4.69, 9.17) is 9.47 Å². The largest absolute Gasteiger partial charge is 0.493 e. The quantitative estimate of drug-likeness (QED) is 0.507. The van der Waals surface area contributed by atoms with Crippen LogP contribution in [0.2, 0.25) is 0 Å². The summed E-state index contributed by atoms with van der Waals surface area (Å²) in [5.74, 6) is -1.12. The topological polar surface area (TPSA) is 119 Å². The maximum absolute atomic E-state index is 14.9. The summed E-state index contributed by atoms with van der Waals surface area (Å²) in [4.78, 5) is 12.5. The Morgan fingerprint density at radius 1 is 0.972 bits per heavy atom. The van der Waals surface area contributed by atoms with Crippen molar-refractivity contribution in [2.24, 2.45) is 5.92 Å². The van der Waals surface area contributed by atoms with Crippen molar-refractivity contribution in [3.05, 3.63) is 29.1 Å². The van der Waals surface area contributed by atoms with Gasteiger partial charge in [-0.1, -0.05) is 0 Å². The summed E-state index contributed by atoms with van der Waals surface area (Å²) in [5, 5.41) is -0.953. The molecule has 2 aliphatic carbocycles. The van der Waals surface area contributed by atoms with Gasteiger partial charge in [-0.15, -0.1) is 0 Å². The molecule has 12 heteroatoms. The van der Waals surface area contributed by atoms with Crippen molar-refractivity contribution in [2.45, 2.75) is 67.8 Å². The molecular weight excluding hydrogens is 511 g/mol. The Morgan fingerprint density at radius 3 is 2.25 bits per heavy atom. The van der Waals surface area contributed by atoms with Crippen LogP contribution in [0.25, 0.3) is 0 Å². The van der Waals surface area contributed by atoms with Crippen LogP contribution in [0.15, 0.2) is 12.1 Å². The number of amides is 1. The predicted octanol–water partition coefficient (Wildman–Crippen LogP) is 2.52. The van der Waals surface area contributed by atoms with E-state index < -0.39 is 37.0 Å². The van der Waals surface area contributed by atoms with Crippen LogP contribution < -0.4 is 9.46 Å². The Hall–Kier alpha value is -1.76. The number of rotatable bonds is 9. The molecule has 0 unspecified atom stereocenters. The van der Waals surface area contributed by atoms with Crippen molar-refractivity contribution in [3.63, 3.8) is 0 Å². The molecule has 4 aliphatic rings. The van der Waals surface area contributed by atoms with E-state index in [1.165, 1.54) is 12.1 Å². The second-order valence-electron chi connectivity index (χ2n) is 10.3. The monoisotopic (exact) mass is 544 g/mol. The SMILES string of the molecule is O=C(NS(=O)(=O)C1CC1)c1cc(C2CC2)c(OCC2CCN(S(=O)(=O)C3CCOCC3)CC2)cc1F. The van der Waals surface area contributed by atoms with Crippen molar-refractivity contribution >= 4 is 26.0 Å². The zero-order chi connectivity index (χ0) is 25.5. The minimum Gasteiger partial charge on any atom is -0.493 e. The number of carbonyl (C=O) groups excluding carboxylic acids is 1. The summed E-state index contributed by atoms with van der Waals surface area (Å²) in [7, 11) is -7.11. The number of halogens is 1. The van der Waals surface area contributed by atoms with Crippen LogP contribution in [0.5, 0.6) is 5.75 Å². The zero-order valence-electron chi connectivity index (χ0n) is 20.2. The third-order valence-corrected chi connectivity index (χ3v) is 11.8. The van der Waals surface area contributed by atoms with Crippen LogP contribution in [0, 0.1) is 11.7 Å². The van der Waals surface area contributed by atoms with Crippen molar-refractivity contribution in [3.8, 4) is 5.75 Å². The summed E-state index contributed by atoms with van der Waals surface area (Å²) in [6.45, 7) is 2.15. The summed E-state index contributed by atoms with van der Waals surface area (Å²) in [6.07, 6.45) is 5.17. The first kappa shape index (κ1) is 25.9. The summed E-state index contributed by atoms with van der Waals surface area (Å²) < 4.78 is 79.8. The van der Waals surface area contributed by atoms with Crippen molar-refractivity contribution < 1.29 is 35.5 Å². The van der Waals surface area contributed by atoms with Gasteiger partial charge in [0.1, 0.15) is 11.6 Å². The van der Waals surface area contributed by atoms with E-state index in [0.717, 1.165) is 12.8 Å². The Morgan fingerprint density at radius 2 is 1.64 bits per heavy atom. The van der Waals surface area contributed by atoms with Gasteiger partial charge in [0, 0.05) is 32.4 Å². The molecule has 1 aromatic rings. The maximum atomic E-state index is 14.9. The molecular formula is C24H33FN2O7S2. The lowest BCUT2D eigenvalue weighted by atomic mass is 9.99. The second kappa shape index (κ2) is 10.2. The number of sulfonamides is 2. The van der Waals surface area contributed by atoms with Crippen LogP contribution in [0.3, 0.4) is 0 Å². The van der Waals surface area contributed by atoms with E-state index >= 15 is 0 Å². The predicted molar refractivity (Wildman–Crippen MR) is 130 cm³/mol. The van der Waals surface area contributed by atoms with E-state index in [2.05, 4.69) is 0 Å². The highest BCUT2D eigenvalue weighted by molar-refractivity contribution is 7.91.